The first kappa shape index (κ1) is 11.9. The Labute approximate surface area is 99.1 Å². The highest BCUT2D eigenvalue weighted by molar-refractivity contribution is 7.98. The van der Waals surface area contributed by atoms with Crippen LogP contribution in [0.25, 0.3) is 0 Å². The predicted molar refractivity (Wildman–Crippen MR) is 62.2 cm³/mol. The van der Waals surface area contributed by atoms with Crippen LogP contribution in [0.5, 0.6) is 0 Å². The third-order valence-electron chi connectivity index (χ3n) is 2.63. The molecule has 0 amide bonds. The van der Waals surface area contributed by atoms with Crippen molar-refractivity contribution in [2.45, 2.75) is 31.4 Å². The summed E-state index contributed by atoms with van der Waals surface area (Å²) in [5.41, 5.74) is 5.94. The van der Waals surface area contributed by atoms with Gasteiger partial charge in [-0.15, -0.1) is 0 Å². The quantitative estimate of drug-likeness (QED) is 0.848. The molecule has 2 heterocycles. The maximum atomic E-state index is 5.94. The number of aromatic nitrogens is 2. The highest BCUT2D eigenvalue weighted by Crippen LogP contribution is 2.27. The largest absolute Gasteiger partial charge is 0.370 e. The second kappa shape index (κ2) is 5.65. The Morgan fingerprint density at radius 1 is 1.62 bits per heavy atom. The monoisotopic (exact) mass is 243 g/mol. The summed E-state index contributed by atoms with van der Waals surface area (Å²) in [5, 5.41) is 3.93. The molecule has 16 heavy (non-hydrogen) atoms. The van der Waals surface area contributed by atoms with Gasteiger partial charge in [0.2, 0.25) is 11.7 Å². The molecule has 1 aliphatic heterocycles. The molecular formula is C10H17N3O2S. The molecule has 0 saturated carbocycles. The lowest BCUT2D eigenvalue weighted by molar-refractivity contribution is 0.103. The molecule has 0 spiro atoms. The number of hydrogen-bond donors (Lipinski definition) is 1. The van der Waals surface area contributed by atoms with E-state index in [4.69, 9.17) is 15.0 Å². The van der Waals surface area contributed by atoms with E-state index in [2.05, 4.69) is 16.4 Å². The molecule has 1 aromatic heterocycles. The van der Waals surface area contributed by atoms with E-state index >= 15 is 0 Å². The molecule has 0 radical (unpaired) electrons. The van der Waals surface area contributed by atoms with E-state index in [-0.39, 0.29) is 12.1 Å². The van der Waals surface area contributed by atoms with Gasteiger partial charge in [-0.25, -0.2) is 0 Å². The summed E-state index contributed by atoms with van der Waals surface area (Å²) < 4.78 is 10.6. The first-order valence-electron chi connectivity index (χ1n) is 5.51. The summed E-state index contributed by atoms with van der Waals surface area (Å²) in [6.07, 6.45) is 4.95. The van der Waals surface area contributed by atoms with Gasteiger partial charge in [-0.2, -0.15) is 16.7 Å². The van der Waals surface area contributed by atoms with Crippen molar-refractivity contribution in [1.29, 1.82) is 0 Å². The Hall–Kier alpha value is -0.590. The Balaban J connectivity index is 1.95. The van der Waals surface area contributed by atoms with Crippen LogP contribution in [-0.2, 0) is 4.74 Å². The average molecular weight is 243 g/mol. The second-order valence-electron chi connectivity index (χ2n) is 3.88. The van der Waals surface area contributed by atoms with Crippen molar-refractivity contribution in [3.05, 3.63) is 11.7 Å². The maximum Gasteiger partial charge on any atom is 0.243 e. The van der Waals surface area contributed by atoms with Crippen LogP contribution in [0.2, 0.25) is 0 Å². The molecule has 2 rings (SSSR count). The van der Waals surface area contributed by atoms with Gasteiger partial charge in [0.05, 0.1) is 6.04 Å². The van der Waals surface area contributed by atoms with Gasteiger partial charge >= 0.3 is 0 Å². The molecule has 2 atom stereocenters. The predicted octanol–water partition coefficient (Wildman–Crippen LogP) is 1.67. The summed E-state index contributed by atoms with van der Waals surface area (Å²) in [5.74, 6) is 2.17. The van der Waals surface area contributed by atoms with Crippen LogP contribution in [0.3, 0.4) is 0 Å². The summed E-state index contributed by atoms with van der Waals surface area (Å²) in [4.78, 5) is 4.31. The molecule has 1 aromatic rings. The van der Waals surface area contributed by atoms with E-state index in [0.717, 1.165) is 31.6 Å². The summed E-state index contributed by atoms with van der Waals surface area (Å²) in [6, 6.07) is -0.157. The number of thioether (sulfide) groups is 1. The van der Waals surface area contributed by atoms with Crippen LogP contribution < -0.4 is 5.73 Å². The van der Waals surface area contributed by atoms with E-state index in [1.807, 2.05) is 0 Å². The standard InChI is InChI=1S/C10H17N3O2S/c1-16-6-4-7(11)10-12-9(13-15-10)8-3-2-5-14-8/h7-8H,2-6,11H2,1H3/t7-,8?/m0/s1. The zero-order chi connectivity index (χ0) is 11.4. The third-order valence-corrected chi connectivity index (χ3v) is 3.27. The normalized spacial score (nSPS) is 22.5. The topological polar surface area (TPSA) is 74.2 Å². The molecule has 5 nitrogen and oxygen atoms in total. The van der Waals surface area contributed by atoms with Crippen LogP contribution in [0.4, 0.5) is 0 Å². The van der Waals surface area contributed by atoms with E-state index < -0.39 is 0 Å². The van der Waals surface area contributed by atoms with Crippen molar-refractivity contribution in [2.24, 2.45) is 5.73 Å². The molecule has 6 heteroatoms. The van der Waals surface area contributed by atoms with Gasteiger partial charge in [0.25, 0.3) is 0 Å². The number of rotatable bonds is 5. The van der Waals surface area contributed by atoms with E-state index in [0.29, 0.717) is 11.7 Å². The van der Waals surface area contributed by atoms with Crippen molar-refractivity contribution in [2.75, 3.05) is 18.6 Å². The van der Waals surface area contributed by atoms with Gasteiger partial charge in [0.15, 0.2) is 0 Å². The van der Waals surface area contributed by atoms with Crippen LogP contribution in [0.1, 0.15) is 43.1 Å². The molecule has 1 aliphatic rings. The van der Waals surface area contributed by atoms with Crippen molar-refractivity contribution in [3.63, 3.8) is 0 Å². The van der Waals surface area contributed by atoms with Crippen molar-refractivity contribution >= 4 is 11.8 Å². The first-order valence-corrected chi connectivity index (χ1v) is 6.90. The van der Waals surface area contributed by atoms with Crippen molar-refractivity contribution < 1.29 is 9.26 Å². The highest BCUT2D eigenvalue weighted by Gasteiger charge is 2.24. The zero-order valence-electron chi connectivity index (χ0n) is 9.39. The van der Waals surface area contributed by atoms with Gasteiger partial charge < -0.3 is 15.0 Å². The van der Waals surface area contributed by atoms with Gasteiger partial charge in [-0.1, -0.05) is 5.16 Å². The molecule has 0 bridgehead atoms. The van der Waals surface area contributed by atoms with Crippen LogP contribution in [-0.4, -0.2) is 28.8 Å². The van der Waals surface area contributed by atoms with Crippen LogP contribution >= 0.6 is 11.8 Å². The molecule has 1 saturated heterocycles. The molecule has 1 unspecified atom stereocenters. The summed E-state index contributed by atoms with van der Waals surface area (Å²) in [7, 11) is 0. The lowest BCUT2D eigenvalue weighted by Gasteiger charge is -2.04. The molecule has 0 aromatic carbocycles. The Morgan fingerprint density at radius 3 is 3.19 bits per heavy atom. The van der Waals surface area contributed by atoms with Gasteiger partial charge in [0, 0.05) is 6.61 Å². The first-order chi connectivity index (χ1) is 7.81. The van der Waals surface area contributed by atoms with Gasteiger partial charge in [-0.3, -0.25) is 0 Å². The molecule has 1 fully saturated rings. The van der Waals surface area contributed by atoms with Gasteiger partial charge in [-0.05, 0) is 31.3 Å². The maximum absolute atomic E-state index is 5.94. The number of ether oxygens (including phenoxy) is 1. The Morgan fingerprint density at radius 2 is 2.50 bits per heavy atom. The molecule has 90 valence electrons. The smallest absolute Gasteiger partial charge is 0.243 e. The zero-order valence-corrected chi connectivity index (χ0v) is 10.2. The fourth-order valence-electron chi connectivity index (χ4n) is 1.68. The number of hydrogen-bond acceptors (Lipinski definition) is 6. The van der Waals surface area contributed by atoms with Gasteiger partial charge in [0.1, 0.15) is 6.10 Å². The lowest BCUT2D eigenvalue weighted by Crippen LogP contribution is -2.12. The van der Waals surface area contributed by atoms with E-state index in [1.165, 1.54) is 0 Å². The fraction of sp³-hybridized carbons (Fsp3) is 0.800. The average Bonchev–Trinajstić information content (AvgIpc) is 2.94. The minimum absolute atomic E-state index is 0.00486. The molecule has 0 aliphatic carbocycles. The highest BCUT2D eigenvalue weighted by atomic mass is 32.2. The second-order valence-corrected chi connectivity index (χ2v) is 4.87. The minimum Gasteiger partial charge on any atom is -0.370 e. The fourth-order valence-corrected chi connectivity index (χ4v) is 2.17. The lowest BCUT2D eigenvalue weighted by atomic mass is 10.2. The van der Waals surface area contributed by atoms with E-state index in [1.54, 1.807) is 11.8 Å². The van der Waals surface area contributed by atoms with Crippen LogP contribution in [0, 0.1) is 0 Å². The van der Waals surface area contributed by atoms with Crippen molar-refractivity contribution in [3.8, 4) is 0 Å². The van der Waals surface area contributed by atoms with E-state index in [9.17, 15) is 0 Å². The summed E-state index contributed by atoms with van der Waals surface area (Å²) >= 11 is 1.76. The summed E-state index contributed by atoms with van der Waals surface area (Å²) in [6.45, 7) is 0.785. The number of nitrogens with two attached hydrogens (primary N) is 1. The SMILES string of the molecule is CSCC[C@H](N)c1nc(C2CCCO2)no1. The Bertz CT molecular complexity index is 326. The third kappa shape index (κ3) is 2.75. The van der Waals surface area contributed by atoms with Crippen molar-refractivity contribution in [1.82, 2.24) is 10.1 Å². The minimum atomic E-state index is -0.157. The molecular weight excluding hydrogens is 226 g/mol. The van der Waals surface area contributed by atoms with Crippen LogP contribution in [0.15, 0.2) is 4.52 Å². The number of nitrogens with zero attached hydrogens (tertiary/aromatic N) is 2. The Kier molecular flexibility index (Phi) is 4.20. The molecule has 2 N–H and O–H groups in total.